The second-order valence-electron chi connectivity index (χ2n) is 10.8. The molecule has 1 saturated heterocycles. The van der Waals surface area contributed by atoms with Crippen LogP contribution in [0.3, 0.4) is 0 Å². The number of aliphatic hydroxyl groups is 1. The number of aliphatic hydroxyl groups excluding tert-OH is 1. The van der Waals surface area contributed by atoms with Gasteiger partial charge in [0.05, 0.1) is 18.3 Å². The lowest BCUT2D eigenvalue weighted by atomic mass is 10.0. The van der Waals surface area contributed by atoms with Crippen molar-refractivity contribution in [2.45, 2.75) is 57.5 Å². The zero-order valence-electron chi connectivity index (χ0n) is 23.4. The third-order valence-electron chi connectivity index (χ3n) is 7.49. The molecule has 8 nitrogen and oxygen atoms in total. The number of H-pyrrole nitrogens is 1. The first-order chi connectivity index (χ1) is 20.2. The number of rotatable bonds is 12. The summed E-state index contributed by atoms with van der Waals surface area (Å²) >= 11 is 12.9. The third-order valence-corrected chi connectivity index (χ3v) is 8.16. The molecule has 0 unspecified atom stereocenters. The Hall–Kier alpha value is -3.02. The Balaban J connectivity index is 0.00000423. The Morgan fingerprint density at radius 1 is 1.02 bits per heavy atom. The van der Waals surface area contributed by atoms with Crippen molar-refractivity contribution in [3.8, 4) is 11.5 Å². The quantitative estimate of drug-likeness (QED) is 0.238. The first kappa shape index (κ1) is 32.9. The zero-order chi connectivity index (χ0) is 29.6. The molecule has 3 N–H and O–H groups in total. The molecule has 12 heteroatoms. The van der Waals surface area contributed by atoms with Crippen molar-refractivity contribution >= 4 is 29.2 Å². The summed E-state index contributed by atoms with van der Waals surface area (Å²) in [6.07, 6.45) is 5.63. The highest BCUT2D eigenvalue weighted by molar-refractivity contribution is 6.35. The number of ether oxygens (including phenoxy) is 3. The molecule has 1 aliphatic carbocycles. The van der Waals surface area contributed by atoms with Gasteiger partial charge in [0.1, 0.15) is 16.1 Å². The summed E-state index contributed by atoms with van der Waals surface area (Å²) in [5.41, 5.74) is 2.39. The van der Waals surface area contributed by atoms with Gasteiger partial charge in [-0.2, -0.15) is 8.78 Å². The van der Waals surface area contributed by atoms with Gasteiger partial charge in [-0.25, -0.2) is 9.78 Å². The molecule has 2 aliphatic rings. The second-order valence-corrected chi connectivity index (χ2v) is 11.6. The number of pyridine rings is 1. The van der Waals surface area contributed by atoms with Crippen molar-refractivity contribution in [1.29, 1.82) is 0 Å². The first-order valence-corrected chi connectivity index (χ1v) is 14.8. The van der Waals surface area contributed by atoms with Crippen LogP contribution < -0.4 is 14.5 Å². The Kier molecular flexibility index (Phi) is 11.6. The molecular weight excluding hydrogens is 605 g/mol. The summed E-state index contributed by atoms with van der Waals surface area (Å²) in [6.45, 7) is -0.429. The Bertz CT molecular complexity index is 1370. The number of alkyl halides is 2. The summed E-state index contributed by atoms with van der Waals surface area (Å²) in [5, 5.41) is 10.5. The van der Waals surface area contributed by atoms with Crippen LogP contribution in [-0.4, -0.2) is 53.9 Å². The third kappa shape index (κ3) is 9.23. The molecule has 5 rings (SSSR count). The van der Waals surface area contributed by atoms with Crippen LogP contribution in [0.25, 0.3) is 0 Å². The Morgan fingerprint density at radius 2 is 1.74 bits per heavy atom. The van der Waals surface area contributed by atoms with Gasteiger partial charge in [-0.3, -0.25) is 4.90 Å². The number of likely N-dealkylation sites (tertiary alicyclic amines) is 1. The zero-order valence-corrected chi connectivity index (χ0v) is 24.9. The molecule has 232 valence electrons. The van der Waals surface area contributed by atoms with Gasteiger partial charge in [0.2, 0.25) is 0 Å². The SMILES string of the molecule is O=C(O[C@@H](Cc1c(Cl)c[nH+]cc1Cl)c1ccc(OC(F)F)c(OCC2CC2)c1)c1cccc(CN2CCC(O)CC2)c1.[OH-]. The maximum atomic E-state index is 13.5. The maximum Gasteiger partial charge on any atom is 0.387 e. The van der Waals surface area contributed by atoms with Crippen LogP contribution in [0.4, 0.5) is 8.78 Å². The van der Waals surface area contributed by atoms with Gasteiger partial charge in [0.15, 0.2) is 23.9 Å². The number of hydrogen-bond acceptors (Lipinski definition) is 7. The molecule has 3 aromatic rings. The minimum absolute atomic E-state index is 0. The van der Waals surface area contributed by atoms with Gasteiger partial charge in [0.25, 0.3) is 0 Å². The van der Waals surface area contributed by atoms with E-state index >= 15 is 0 Å². The summed E-state index contributed by atoms with van der Waals surface area (Å²) in [7, 11) is 0. The highest BCUT2D eigenvalue weighted by Crippen LogP contribution is 2.38. The van der Waals surface area contributed by atoms with E-state index in [0.29, 0.717) is 45.8 Å². The van der Waals surface area contributed by atoms with E-state index in [2.05, 4.69) is 9.88 Å². The predicted octanol–water partition coefficient (Wildman–Crippen LogP) is 6.12. The maximum absolute atomic E-state index is 13.5. The van der Waals surface area contributed by atoms with Crippen LogP contribution >= 0.6 is 23.2 Å². The van der Waals surface area contributed by atoms with Crippen LogP contribution in [0.15, 0.2) is 54.9 Å². The molecule has 1 saturated carbocycles. The van der Waals surface area contributed by atoms with E-state index in [-0.39, 0.29) is 29.5 Å². The predicted molar refractivity (Wildman–Crippen MR) is 155 cm³/mol. The fraction of sp³-hybridized carbons (Fsp3) is 0.419. The number of benzene rings is 2. The van der Waals surface area contributed by atoms with Crippen LogP contribution in [0, 0.1) is 5.92 Å². The first-order valence-electron chi connectivity index (χ1n) is 14.0. The van der Waals surface area contributed by atoms with Crippen LogP contribution in [0.2, 0.25) is 10.0 Å². The smallest absolute Gasteiger partial charge is 0.387 e. The van der Waals surface area contributed by atoms with Gasteiger partial charge in [-0.1, -0.05) is 41.4 Å². The lowest BCUT2D eigenvalue weighted by Crippen LogP contribution is -2.35. The molecule has 1 aliphatic heterocycles. The number of halogens is 4. The highest BCUT2D eigenvalue weighted by Gasteiger charge is 2.27. The van der Waals surface area contributed by atoms with Crippen molar-refractivity contribution in [2.24, 2.45) is 5.92 Å². The molecule has 2 fully saturated rings. The minimum atomic E-state index is -3.02. The molecular formula is C31H34Cl2F2N2O6. The molecule has 0 amide bonds. The van der Waals surface area contributed by atoms with E-state index in [1.54, 1.807) is 42.7 Å². The number of esters is 1. The summed E-state index contributed by atoms with van der Waals surface area (Å²) in [4.78, 5) is 18.6. The number of carbonyl (C=O) groups excluding carboxylic acids is 1. The van der Waals surface area contributed by atoms with E-state index in [0.717, 1.165) is 44.3 Å². The average Bonchev–Trinajstić information content (AvgIpc) is 3.80. The number of nitrogens with zero attached hydrogens (tertiary/aromatic N) is 1. The number of carbonyl (C=O) groups is 1. The van der Waals surface area contributed by atoms with Crippen molar-refractivity contribution in [1.82, 2.24) is 4.90 Å². The fourth-order valence-electron chi connectivity index (χ4n) is 4.94. The van der Waals surface area contributed by atoms with Crippen molar-refractivity contribution < 1.29 is 43.4 Å². The van der Waals surface area contributed by atoms with Gasteiger partial charge < -0.3 is 24.8 Å². The normalized spacial score (nSPS) is 16.4. The molecule has 2 aromatic carbocycles. The standard InChI is InChI=1S/C31H32Cl2F2N2O5.H2O/c32-25-15-36-16-26(33)24(25)14-28(21-6-7-27(42-31(34)35)29(13-21)40-18-19-4-5-19)41-30(39)22-3-1-2-20(12-22)17-37-10-8-23(38)9-11-37;/h1-3,6-7,12-13,15-16,19,23,28,31,38H,4-5,8-11,14,17-18H2;1H2/t28-;/m0./s1. The summed E-state index contributed by atoms with van der Waals surface area (Å²) < 4.78 is 42.8. The van der Waals surface area contributed by atoms with Crippen molar-refractivity contribution in [2.75, 3.05) is 19.7 Å². The highest BCUT2D eigenvalue weighted by atomic mass is 35.5. The summed E-state index contributed by atoms with van der Waals surface area (Å²) in [5.74, 6) is -0.128. The molecule has 0 spiro atoms. The number of nitrogens with one attached hydrogen (secondary N) is 1. The Morgan fingerprint density at radius 3 is 2.42 bits per heavy atom. The van der Waals surface area contributed by atoms with E-state index < -0.39 is 18.7 Å². The van der Waals surface area contributed by atoms with Gasteiger partial charge in [-0.05, 0) is 67.0 Å². The molecule has 1 aromatic heterocycles. The van der Waals surface area contributed by atoms with E-state index in [1.165, 1.54) is 6.07 Å². The molecule has 1 atom stereocenters. The van der Waals surface area contributed by atoms with E-state index in [4.69, 9.17) is 37.4 Å². The number of aromatic amines is 1. The number of hydrogen-bond donors (Lipinski definition) is 1. The molecule has 0 bridgehead atoms. The van der Waals surface area contributed by atoms with Gasteiger partial charge in [0, 0.05) is 31.6 Å². The fourth-order valence-corrected chi connectivity index (χ4v) is 5.47. The lowest BCUT2D eigenvalue weighted by molar-refractivity contribution is -0.377. The molecule has 2 heterocycles. The van der Waals surface area contributed by atoms with Crippen molar-refractivity contribution in [3.63, 3.8) is 0 Å². The van der Waals surface area contributed by atoms with E-state index in [1.807, 2.05) is 6.07 Å². The second kappa shape index (κ2) is 15.1. The lowest BCUT2D eigenvalue weighted by Gasteiger charge is -2.29. The molecule has 43 heavy (non-hydrogen) atoms. The largest absolute Gasteiger partial charge is 0.870 e. The van der Waals surface area contributed by atoms with Crippen LogP contribution in [0.1, 0.15) is 58.8 Å². The summed E-state index contributed by atoms with van der Waals surface area (Å²) in [6, 6.07) is 11.8. The number of aromatic nitrogens is 1. The van der Waals surface area contributed by atoms with Crippen LogP contribution in [-0.2, 0) is 17.7 Å². The van der Waals surface area contributed by atoms with E-state index in [9.17, 15) is 18.7 Å². The van der Waals surface area contributed by atoms with Gasteiger partial charge in [-0.15, -0.1) is 0 Å². The van der Waals surface area contributed by atoms with Crippen molar-refractivity contribution in [3.05, 3.63) is 87.2 Å². The molecule has 0 radical (unpaired) electrons. The monoisotopic (exact) mass is 638 g/mol. The number of piperidine rings is 1. The van der Waals surface area contributed by atoms with Crippen LogP contribution in [0.5, 0.6) is 11.5 Å². The minimum Gasteiger partial charge on any atom is -0.870 e. The topological polar surface area (TPSA) is 112 Å². The van der Waals surface area contributed by atoms with Gasteiger partial charge >= 0.3 is 12.6 Å². The average molecular weight is 640 g/mol. The Labute approximate surface area is 258 Å².